The van der Waals surface area contributed by atoms with Crippen LogP contribution in [0.3, 0.4) is 0 Å². The lowest BCUT2D eigenvalue weighted by molar-refractivity contribution is -0.119. The minimum Gasteiger partial charge on any atom is -0.299 e. The first-order chi connectivity index (χ1) is 13.1. The Morgan fingerprint density at radius 1 is 1.07 bits per heavy atom. The van der Waals surface area contributed by atoms with Crippen molar-refractivity contribution >= 4 is 35.0 Å². The van der Waals surface area contributed by atoms with E-state index in [4.69, 9.17) is 0 Å². The van der Waals surface area contributed by atoms with Gasteiger partial charge in [0.25, 0.3) is 0 Å². The quantitative estimate of drug-likeness (QED) is 0.469. The van der Waals surface area contributed by atoms with Gasteiger partial charge in [0.05, 0.1) is 22.6 Å². The summed E-state index contributed by atoms with van der Waals surface area (Å²) in [5.41, 5.74) is 2.35. The topological polar surface area (TPSA) is 53.2 Å². The van der Waals surface area contributed by atoms with E-state index in [1.165, 1.54) is 4.90 Å². The normalized spacial score (nSPS) is 19.4. The Morgan fingerprint density at radius 3 is 2.30 bits per heavy atom. The van der Waals surface area contributed by atoms with Crippen molar-refractivity contribution in [1.29, 1.82) is 5.26 Å². The summed E-state index contributed by atoms with van der Waals surface area (Å²) in [7, 11) is 0. The van der Waals surface area contributed by atoms with Crippen LogP contribution in [0.15, 0.2) is 81.2 Å². The van der Waals surface area contributed by atoms with Gasteiger partial charge in [-0.15, -0.1) is 11.8 Å². The number of allylic oxidation sites excluding steroid dienone is 1. The molecule has 0 saturated carbocycles. The molecule has 0 aromatic heterocycles. The molecule has 0 N–H and O–H groups in total. The standard InChI is InChI=1S/C22H20N2OS2/c1-15-20(16(2)25)21(17-9-5-3-6-10-17)19(13-23)22(24-15)27-14-26-18-11-7-4-8-12-18/h3-12,20-21H,14H2,1-2H3/t20?,21-/m1/s1. The maximum Gasteiger partial charge on any atom is 0.139 e. The molecule has 27 heavy (non-hydrogen) atoms. The van der Waals surface area contributed by atoms with E-state index in [1.807, 2.05) is 55.5 Å². The number of hydrogen-bond donors (Lipinski definition) is 0. The third-order valence-corrected chi connectivity index (χ3v) is 6.62. The fourth-order valence-electron chi connectivity index (χ4n) is 3.28. The fraction of sp³-hybridized carbons (Fsp3) is 0.227. The van der Waals surface area contributed by atoms with Crippen molar-refractivity contribution in [2.45, 2.75) is 24.7 Å². The average molecular weight is 393 g/mol. The molecule has 0 bridgehead atoms. The molecule has 0 fully saturated rings. The van der Waals surface area contributed by atoms with Crippen molar-refractivity contribution in [3.63, 3.8) is 0 Å². The zero-order valence-electron chi connectivity index (χ0n) is 15.3. The van der Waals surface area contributed by atoms with Crippen molar-refractivity contribution in [3.05, 3.63) is 76.8 Å². The number of carbonyl (C=O) groups excluding carboxylic acids is 1. The van der Waals surface area contributed by atoms with E-state index in [-0.39, 0.29) is 17.6 Å². The summed E-state index contributed by atoms with van der Waals surface area (Å²) < 4.78 is 0. The molecule has 0 spiro atoms. The van der Waals surface area contributed by atoms with Crippen LogP contribution in [-0.2, 0) is 4.79 Å². The van der Waals surface area contributed by atoms with Gasteiger partial charge in [0.2, 0.25) is 0 Å². The first-order valence-electron chi connectivity index (χ1n) is 8.67. The van der Waals surface area contributed by atoms with Gasteiger partial charge in [0.1, 0.15) is 10.8 Å². The van der Waals surface area contributed by atoms with Gasteiger partial charge >= 0.3 is 0 Å². The Labute approximate surface area is 168 Å². The third-order valence-electron chi connectivity index (χ3n) is 4.48. The highest BCUT2D eigenvalue weighted by atomic mass is 32.2. The maximum absolute atomic E-state index is 12.3. The molecule has 2 atom stereocenters. The number of Topliss-reactive ketones (excluding diaryl/α,β-unsaturated/α-hetero) is 1. The van der Waals surface area contributed by atoms with Crippen molar-refractivity contribution in [1.82, 2.24) is 0 Å². The van der Waals surface area contributed by atoms with Crippen molar-refractivity contribution in [2.75, 3.05) is 5.08 Å². The number of ketones is 1. The van der Waals surface area contributed by atoms with Crippen LogP contribution in [0.5, 0.6) is 0 Å². The van der Waals surface area contributed by atoms with Crippen LogP contribution >= 0.6 is 23.5 Å². The molecule has 0 aliphatic carbocycles. The molecule has 1 heterocycles. The first kappa shape index (κ1) is 19.5. The van der Waals surface area contributed by atoms with Gasteiger partial charge in [0.15, 0.2) is 0 Å². The van der Waals surface area contributed by atoms with E-state index in [1.54, 1.807) is 30.4 Å². The number of benzene rings is 2. The Bertz CT molecular complexity index is 914. The van der Waals surface area contributed by atoms with Gasteiger partial charge in [-0.1, -0.05) is 60.3 Å². The van der Waals surface area contributed by atoms with E-state index in [0.717, 1.165) is 21.4 Å². The molecule has 2 aromatic rings. The Kier molecular flexibility index (Phi) is 6.54. The van der Waals surface area contributed by atoms with E-state index in [9.17, 15) is 10.1 Å². The molecule has 0 amide bonds. The third kappa shape index (κ3) is 4.52. The molecule has 0 radical (unpaired) electrons. The number of thioether (sulfide) groups is 2. The molecular weight excluding hydrogens is 372 g/mol. The minimum absolute atomic E-state index is 0.0422. The number of carbonyl (C=O) groups is 1. The second kappa shape index (κ2) is 9.07. The molecule has 3 nitrogen and oxygen atoms in total. The molecule has 0 saturated heterocycles. The molecule has 1 aliphatic heterocycles. The van der Waals surface area contributed by atoms with E-state index in [0.29, 0.717) is 5.57 Å². The van der Waals surface area contributed by atoms with Crippen LogP contribution < -0.4 is 0 Å². The summed E-state index contributed by atoms with van der Waals surface area (Å²) in [6.45, 7) is 3.47. The summed E-state index contributed by atoms with van der Waals surface area (Å²) in [5.74, 6) is -0.607. The zero-order valence-corrected chi connectivity index (χ0v) is 16.9. The van der Waals surface area contributed by atoms with Crippen LogP contribution in [0.1, 0.15) is 25.3 Å². The second-order valence-electron chi connectivity index (χ2n) is 6.28. The number of hydrogen-bond acceptors (Lipinski definition) is 5. The predicted molar refractivity (Wildman–Crippen MR) is 114 cm³/mol. The minimum atomic E-state index is -0.381. The summed E-state index contributed by atoms with van der Waals surface area (Å²) in [6.07, 6.45) is 0. The van der Waals surface area contributed by atoms with Crippen LogP contribution in [0, 0.1) is 17.2 Å². The molecule has 5 heteroatoms. The SMILES string of the molecule is CC(=O)C1C(C)=NC(SCSc2ccccc2)=C(C#N)[C@H]1c1ccccc1. The lowest BCUT2D eigenvalue weighted by Crippen LogP contribution is -2.31. The fourth-order valence-corrected chi connectivity index (χ4v) is 5.39. The first-order valence-corrected chi connectivity index (χ1v) is 10.6. The zero-order chi connectivity index (χ0) is 19.2. The van der Waals surface area contributed by atoms with Gasteiger partial charge in [-0.25, -0.2) is 4.99 Å². The smallest absolute Gasteiger partial charge is 0.139 e. The Balaban J connectivity index is 1.91. The monoisotopic (exact) mass is 392 g/mol. The summed E-state index contributed by atoms with van der Waals surface area (Å²) in [4.78, 5) is 18.2. The summed E-state index contributed by atoms with van der Waals surface area (Å²) in [6, 6.07) is 22.3. The van der Waals surface area contributed by atoms with Crippen molar-refractivity contribution < 1.29 is 4.79 Å². The second-order valence-corrected chi connectivity index (χ2v) is 8.66. The number of nitrogens with zero attached hydrogens (tertiary/aromatic N) is 2. The summed E-state index contributed by atoms with van der Waals surface area (Å²) in [5, 5.41) is 11.4. The maximum atomic E-state index is 12.3. The van der Waals surface area contributed by atoms with E-state index in [2.05, 4.69) is 23.2 Å². The number of nitriles is 1. The van der Waals surface area contributed by atoms with E-state index >= 15 is 0 Å². The van der Waals surface area contributed by atoms with Gasteiger partial charge < -0.3 is 0 Å². The predicted octanol–water partition coefficient (Wildman–Crippen LogP) is 5.67. The molecule has 136 valence electrons. The molecular formula is C22H20N2OS2. The van der Waals surface area contributed by atoms with Crippen molar-refractivity contribution in [3.8, 4) is 6.07 Å². The highest BCUT2D eigenvalue weighted by Gasteiger charge is 2.37. The summed E-state index contributed by atoms with van der Waals surface area (Å²) >= 11 is 3.28. The Morgan fingerprint density at radius 2 is 1.70 bits per heavy atom. The van der Waals surface area contributed by atoms with Crippen LogP contribution in [0.4, 0.5) is 0 Å². The molecule has 1 aliphatic rings. The van der Waals surface area contributed by atoms with Crippen LogP contribution in [0.2, 0.25) is 0 Å². The highest BCUT2D eigenvalue weighted by molar-refractivity contribution is 8.17. The molecule has 2 aromatic carbocycles. The van der Waals surface area contributed by atoms with Gasteiger partial charge in [-0.05, 0) is 31.5 Å². The van der Waals surface area contributed by atoms with Crippen LogP contribution in [-0.4, -0.2) is 16.6 Å². The molecule has 3 rings (SSSR count). The van der Waals surface area contributed by atoms with Gasteiger partial charge in [-0.2, -0.15) is 5.26 Å². The number of aliphatic imine (C=N–C) groups is 1. The van der Waals surface area contributed by atoms with Gasteiger partial charge in [-0.3, -0.25) is 4.79 Å². The highest BCUT2D eigenvalue weighted by Crippen LogP contribution is 2.43. The van der Waals surface area contributed by atoms with Crippen molar-refractivity contribution in [2.24, 2.45) is 10.9 Å². The Hall–Kier alpha value is -2.29. The largest absolute Gasteiger partial charge is 0.299 e. The lowest BCUT2D eigenvalue weighted by Gasteiger charge is -2.30. The van der Waals surface area contributed by atoms with Gasteiger partial charge in [0, 0.05) is 16.5 Å². The van der Waals surface area contributed by atoms with E-state index < -0.39 is 0 Å². The average Bonchev–Trinajstić information content (AvgIpc) is 2.68. The van der Waals surface area contributed by atoms with Crippen LogP contribution in [0.25, 0.3) is 0 Å². The molecule has 1 unspecified atom stereocenters. The number of rotatable bonds is 6. The lowest BCUT2D eigenvalue weighted by atomic mass is 9.75.